The molecule has 0 radical (unpaired) electrons. The number of rotatable bonds is 5. The molecule has 0 heterocycles. The number of carboxylic acids is 1. The second kappa shape index (κ2) is 9.42. The predicted octanol–water partition coefficient (Wildman–Crippen LogP) is 7.62. The lowest BCUT2D eigenvalue weighted by Crippen LogP contribution is -2.29. The quantitative estimate of drug-likeness (QED) is 0.449. The molecular formula is C30H39NO3. The Bertz CT molecular complexity index is 1210. The Morgan fingerprint density at radius 3 is 2.15 bits per heavy atom. The Morgan fingerprint density at radius 2 is 1.62 bits per heavy atom. The highest BCUT2D eigenvalue weighted by molar-refractivity contribution is 5.92. The summed E-state index contributed by atoms with van der Waals surface area (Å²) < 4.78 is 6.14. The summed E-state index contributed by atoms with van der Waals surface area (Å²) in [7, 11) is 0. The standard InChI is InChI=1S/C30H39NO3/c1-16-10-12-22(14-18(16)3)24-20(5)25(23-13-11-17(2)19(4)15-23)27(31)21(6)26(24)28(29(32)33)34-30(7,8)9/h11,13-15,28H,10,12,31H2,1-9H3,(H,32,33)/t28-/m1/s1. The van der Waals surface area contributed by atoms with Crippen molar-refractivity contribution in [2.24, 2.45) is 0 Å². The number of carboxylic acid groups (broad SMARTS) is 1. The third kappa shape index (κ3) is 4.97. The molecule has 1 aliphatic carbocycles. The van der Waals surface area contributed by atoms with E-state index < -0.39 is 17.7 Å². The first-order valence-corrected chi connectivity index (χ1v) is 12.0. The van der Waals surface area contributed by atoms with Gasteiger partial charge in [0, 0.05) is 16.8 Å². The fourth-order valence-electron chi connectivity index (χ4n) is 4.82. The second-order valence-electron chi connectivity index (χ2n) is 10.7. The van der Waals surface area contributed by atoms with Gasteiger partial charge in [-0.3, -0.25) is 0 Å². The Hall–Kier alpha value is -2.85. The summed E-state index contributed by atoms with van der Waals surface area (Å²) in [5, 5.41) is 10.3. The molecule has 0 unspecified atom stereocenters. The number of aryl methyl sites for hydroxylation is 2. The van der Waals surface area contributed by atoms with Crippen LogP contribution in [-0.2, 0) is 9.53 Å². The van der Waals surface area contributed by atoms with Gasteiger partial charge in [0.15, 0.2) is 6.10 Å². The maximum atomic E-state index is 12.5. The van der Waals surface area contributed by atoms with E-state index in [1.807, 2.05) is 27.7 Å². The molecule has 4 heteroatoms. The zero-order chi connectivity index (χ0) is 25.5. The fourth-order valence-corrected chi connectivity index (χ4v) is 4.82. The molecule has 3 rings (SSSR count). The molecule has 0 aromatic heterocycles. The summed E-state index contributed by atoms with van der Waals surface area (Å²) in [6.07, 6.45) is 2.91. The van der Waals surface area contributed by atoms with Crippen molar-refractivity contribution in [1.82, 2.24) is 0 Å². The minimum absolute atomic E-state index is 0.614. The van der Waals surface area contributed by atoms with E-state index in [-0.39, 0.29) is 0 Å². The van der Waals surface area contributed by atoms with Crippen LogP contribution in [0.2, 0.25) is 0 Å². The van der Waals surface area contributed by atoms with Gasteiger partial charge in [0.1, 0.15) is 0 Å². The van der Waals surface area contributed by atoms with Crippen LogP contribution >= 0.6 is 0 Å². The van der Waals surface area contributed by atoms with Gasteiger partial charge in [0.2, 0.25) is 0 Å². The molecule has 2 aromatic carbocycles. The van der Waals surface area contributed by atoms with Crippen LogP contribution in [0.15, 0.2) is 35.4 Å². The molecule has 2 aromatic rings. The molecule has 34 heavy (non-hydrogen) atoms. The maximum Gasteiger partial charge on any atom is 0.337 e. The molecular weight excluding hydrogens is 422 g/mol. The van der Waals surface area contributed by atoms with Crippen molar-refractivity contribution in [3.63, 3.8) is 0 Å². The molecule has 1 aliphatic rings. The molecule has 3 N–H and O–H groups in total. The van der Waals surface area contributed by atoms with E-state index in [1.165, 1.54) is 22.3 Å². The highest BCUT2D eigenvalue weighted by Crippen LogP contribution is 2.46. The number of aliphatic carboxylic acids is 1. The summed E-state index contributed by atoms with van der Waals surface area (Å²) in [6.45, 7) is 18.1. The molecule has 0 saturated carbocycles. The average Bonchev–Trinajstić information content (AvgIpc) is 2.73. The number of nitrogen functional groups attached to an aromatic ring is 1. The number of ether oxygens (including phenoxy) is 1. The lowest BCUT2D eigenvalue weighted by Gasteiger charge is -2.31. The second-order valence-corrected chi connectivity index (χ2v) is 10.7. The number of allylic oxidation sites excluding steroid dienone is 4. The van der Waals surface area contributed by atoms with Gasteiger partial charge < -0.3 is 15.6 Å². The van der Waals surface area contributed by atoms with Crippen LogP contribution in [0.5, 0.6) is 0 Å². The third-order valence-corrected chi connectivity index (χ3v) is 7.00. The van der Waals surface area contributed by atoms with Gasteiger partial charge in [0.25, 0.3) is 0 Å². The molecule has 0 fully saturated rings. The Labute approximate surface area is 204 Å². The van der Waals surface area contributed by atoms with Crippen molar-refractivity contribution in [3.8, 4) is 11.1 Å². The smallest absolute Gasteiger partial charge is 0.337 e. The Kier molecular flexibility index (Phi) is 7.14. The van der Waals surface area contributed by atoms with Gasteiger partial charge >= 0.3 is 5.97 Å². The Balaban J connectivity index is 2.43. The van der Waals surface area contributed by atoms with E-state index in [2.05, 4.69) is 58.9 Å². The minimum Gasteiger partial charge on any atom is -0.479 e. The van der Waals surface area contributed by atoms with Gasteiger partial charge in [-0.25, -0.2) is 4.79 Å². The van der Waals surface area contributed by atoms with E-state index in [4.69, 9.17) is 10.5 Å². The molecule has 182 valence electrons. The van der Waals surface area contributed by atoms with Crippen molar-refractivity contribution in [2.45, 2.75) is 86.9 Å². The van der Waals surface area contributed by atoms with E-state index in [1.54, 1.807) is 0 Å². The fraction of sp³-hybridized carbons (Fsp3) is 0.433. The van der Waals surface area contributed by atoms with Crippen LogP contribution in [0.1, 0.15) is 86.9 Å². The molecule has 1 atom stereocenters. The predicted molar refractivity (Wildman–Crippen MR) is 142 cm³/mol. The third-order valence-electron chi connectivity index (χ3n) is 7.00. The summed E-state index contributed by atoms with van der Waals surface area (Å²) in [4.78, 5) is 12.5. The van der Waals surface area contributed by atoms with Crippen LogP contribution in [-0.4, -0.2) is 16.7 Å². The first kappa shape index (κ1) is 25.8. The van der Waals surface area contributed by atoms with Crippen molar-refractivity contribution in [1.29, 1.82) is 0 Å². The topological polar surface area (TPSA) is 72.5 Å². The molecule has 0 saturated heterocycles. The zero-order valence-corrected chi connectivity index (χ0v) is 22.1. The van der Waals surface area contributed by atoms with E-state index in [0.29, 0.717) is 11.3 Å². The summed E-state index contributed by atoms with van der Waals surface area (Å²) in [6, 6.07) is 6.39. The minimum atomic E-state index is -1.11. The van der Waals surface area contributed by atoms with Crippen LogP contribution < -0.4 is 5.73 Å². The van der Waals surface area contributed by atoms with Gasteiger partial charge in [-0.05, 0) is 114 Å². The van der Waals surface area contributed by atoms with Crippen molar-refractivity contribution in [3.05, 3.63) is 68.8 Å². The van der Waals surface area contributed by atoms with Crippen LogP contribution in [0.3, 0.4) is 0 Å². The van der Waals surface area contributed by atoms with E-state index >= 15 is 0 Å². The Morgan fingerprint density at radius 1 is 0.971 bits per heavy atom. The van der Waals surface area contributed by atoms with Gasteiger partial charge in [-0.1, -0.05) is 35.4 Å². The molecule has 0 bridgehead atoms. The summed E-state index contributed by atoms with van der Waals surface area (Å²) in [5.41, 5.74) is 18.4. The highest BCUT2D eigenvalue weighted by atomic mass is 16.5. The monoisotopic (exact) mass is 461 g/mol. The molecule has 0 aliphatic heterocycles. The molecule has 0 amide bonds. The van der Waals surface area contributed by atoms with Gasteiger partial charge in [0.05, 0.1) is 5.60 Å². The number of carbonyl (C=O) groups is 1. The van der Waals surface area contributed by atoms with Crippen LogP contribution in [0, 0.1) is 27.7 Å². The highest BCUT2D eigenvalue weighted by Gasteiger charge is 2.34. The SMILES string of the molecule is CC1=C(C)CCC(c2c(C)c(-c3ccc(C)c(C)c3)c(N)c(C)c2[C@@H](OC(C)(C)C)C(=O)O)=C1. The molecule has 0 spiro atoms. The van der Waals surface area contributed by atoms with Crippen LogP contribution in [0.25, 0.3) is 16.7 Å². The summed E-state index contributed by atoms with van der Waals surface area (Å²) in [5.74, 6) is -1.00. The number of nitrogens with two attached hydrogens (primary N) is 1. The average molecular weight is 462 g/mol. The summed E-state index contributed by atoms with van der Waals surface area (Å²) >= 11 is 0. The normalized spacial score (nSPS) is 15.4. The lowest BCUT2D eigenvalue weighted by atomic mass is 9.79. The van der Waals surface area contributed by atoms with Crippen molar-refractivity contribution >= 4 is 17.2 Å². The first-order chi connectivity index (χ1) is 15.7. The van der Waals surface area contributed by atoms with Gasteiger partial charge in [-0.2, -0.15) is 0 Å². The van der Waals surface area contributed by atoms with Crippen LogP contribution in [0.4, 0.5) is 5.69 Å². The van der Waals surface area contributed by atoms with Crippen molar-refractivity contribution in [2.75, 3.05) is 5.73 Å². The number of hydrogen-bond donors (Lipinski definition) is 2. The number of anilines is 1. The lowest BCUT2D eigenvalue weighted by molar-refractivity contribution is -0.160. The maximum absolute atomic E-state index is 12.5. The number of benzene rings is 2. The first-order valence-electron chi connectivity index (χ1n) is 12.0. The van der Waals surface area contributed by atoms with E-state index in [0.717, 1.165) is 46.2 Å². The van der Waals surface area contributed by atoms with Crippen molar-refractivity contribution < 1.29 is 14.6 Å². The van der Waals surface area contributed by atoms with Gasteiger partial charge in [-0.15, -0.1) is 0 Å². The van der Waals surface area contributed by atoms with E-state index in [9.17, 15) is 9.90 Å². The molecule has 4 nitrogen and oxygen atoms in total. The zero-order valence-electron chi connectivity index (χ0n) is 22.1. The largest absolute Gasteiger partial charge is 0.479 e. The number of hydrogen-bond acceptors (Lipinski definition) is 3.